The minimum atomic E-state index is -4.63. The second-order valence-electron chi connectivity index (χ2n) is 6.05. The van der Waals surface area contributed by atoms with Crippen molar-refractivity contribution in [2.45, 2.75) is 12.7 Å². The number of amides is 1. The van der Waals surface area contributed by atoms with E-state index < -0.39 is 23.2 Å². The van der Waals surface area contributed by atoms with Crippen molar-refractivity contribution in [2.75, 3.05) is 6.54 Å². The average Bonchev–Trinajstić information content (AvgIpc) is 2.96. The highest BCUT2D eigenvalue weighted by atomic mass is 19.4. The monoisotopic (exact) mass is 390 g/mol. The summed E-state index contributed by atoms with van der Waals surface area (Å²) in [7, 11) is 1.58. The van der Waals surface area contributed by atoms with Gasteiger partial charge >= 0.3 is 11.9 Å². The highest BCUT2D eigenvalue weighted by Crippen LogP contribution is 2.31. The predicted molar refractivity (Wildman–Crippen MR) is 96.7 cm³/mol. The van der Waals surface area contributed by atoms with Gasteiger partial charge < -0.3 is 5.32 Å². The van der Waals surface area contributed by atoms with E-state index >= 15 is 0 Å². The molecule has 1 amide bonds. The summed E-state index contributed by atoms with van der Waals surface area (Å²) in [6.07, 6.45) is -4.63. The molecule has 0 aliphatic rings. The molecule has 0 radical (unpaired) electrons. The van der Waals surface area contributed by atoms with Gasteiger partial charge in [-0.15, -0.1) is 5.10 Å². The molecular weight excluding hydrogens is 373 g/mol. The molecule has 0 aliphatic heterocycles. The van der Waals surface area contributed by atoms with Gasteiger partial charge in [-0.1, -0.05) is 42.5 Å². The number of alkyl halides is 3. The summed E-state index contributed by atoms with van der Waals surface area (Å²) in [5.74, 6) is -0.403. The molecule has 9 heteroatoms. The number of carbonyl (C=O) groups is 1. The summed E-state index contributed by atoms with van der Waals surface area (Å²) < 4.78 is 41.6. The van der Waals surface area contributed by atoms with Crippen LogP contribution in [0, 0.1) is 0 Å². The van der Waals surface area contributed by atoms with Crippen molar-refractivity contribution in [3.05, 3.63) is 76.2 Å². The maximum atomic E-state index is 13.0. The van der Waals surface area contributed by atoms with Crippen LogP contribution in [0.4, 0.5) is 13.2 Å². The predicted octanol–water partition coefficient (Wildman–Crippen LogP) is 2.70. The van der Waals surface area contributed by atoms with Crippen molar-refractivity contribution in [3.63, 3.8) is 0 Å². The van der Waals surface area contributed by atoms with Crippen LogP contribution in [0.15, 0.2) is 59.4 Å². The lowest BCUT2D eigenvalue weighted by Crippen LogP contribution is -2.32. The summed E-state index contributed by atoms with van der Waals surface area (Å²) in [6, 6.07) is 13.6. The maximum Gasteiger partial charge on any atom is 0.417 e. The largest absolute Gasteiger partial charge is 0.417 e. The number of nitrogens with zero attached hydrogens (tertiary/aromatic N) is 3. The Kier molecular flexibility index (Phi) is 5.34. The van der Waals surface area contributed by atoms with Gasteiger partial charge in [0, 0.05) is 19.2 Å². The van der Waals surface area contributed by atoms with Crippen LogP contribution in [0.5, 0.6) is 0 Å². The number of benzene rings is 2. The lowest BCUT2D eigenvalue weighted by atomic mass is 10.1. The van der Waals surface area contributed by atoms with Gasteiger partial charge in [0.25, 0.3) is 5.91 Å². The minimum Gasteiger partial charge on any atom is -0.350 e. The second-order valence-corrected chi connectivity index (χ2v) is 6.05. The number of nitrogens with one attached hydrogen (secondary N) is 1. The van der Waals surface area contributed by atoms with Gasteiger partial charge in [-0.3, -0.25) is 9.36 Å². The maximum absolute atomic E-state index is 13.0. The van der Waals surface area contributed by atoms with Crippen LogP contribution in [-0.4, -0.2) is 26.8 Å². The normalized spacial score (nSPS) is 11.4. The van der Waals surface area contributed by atoms with Gasteiger partial charge in [0.15, 0.2) is 5.82 Å². The number of hydrogen-bond donors (Lipinski definition) is 1. The fourth-order valence-electron chi connectivity index (χ4n) is 2.77. The van der Waals surface area contributed by atoms with E-state index in [2.05, 4.69) is 10.4 Å². The van der Waals surface area contributed by atoms with Gasteiger partial charge in [0.1, 0.15) is 0 Å². The Morgan fingerprint density at radius 2 is 1.71 bits per heavy atom. The molecule has 3 rings (SSSR count). The van der Waals surface area contributed by atoms with Crippen LogP contribution in [0.1, 0.15) is 15.9 Å². The Morgan fingerprint density at radius 1 is 1.07 bits per heavy atom. The molecule has 0 spiro atoms. The number of carbonyl (C=O) groups excluding carboxylic acids is 1. The Balaban J connectivity index is 1.71. The van der Waals surface area contributed by atoms with Crippen molar-refractivity contribution < 1.29 is 18.0 Å². The van der Waals surface area contributed by atoms with E-state index in [9.17, 15) is 22.8 Å². The molecule has 0 saturated heterocycles. The summed E-state index contributed by atoms with van der Waals surface area (Å²) in [5, 5.41) is 6.65. The third kappa shape index (κ3) is 3.98. The van der Waals surface area contributed by atoms with Gasteiger partial charge in [-0.25, -0.2) is 9.48 Å². The van der Waals surface area contributed by atoms with E-state index in [0.717, 1.165) is 22.4 Å². The van der Waals surface area contributed by atoms with Crippen LogP contribution in [0.25, 0.3) is 11.4 Å². The topological polar surface area (TPSA) is 68.9 Å². The molecule has 1 aromatic heterocycles. The van der Waals surface area contributed by atoms with Crippen LogP contribution < -0.4 is 11.0 Å². The molecule has 1 heterocycles. The molecule has 2 aromatic carbocycles. The van der Waals surface area contributed by atoms with Crippen molar-refractivity contribution in [1.29, 1.82) is 0 Å². The van der Waals surface area contributed by atoms with Crippen LogP contribution >= 0.6 is 0 Å². The van der Waals surface area contributed by atoms with Crippen LogP contribution in [0.2, 0.25) is 0 Å². The SMILES string of the molecule is Cn1c(-c2ccccc2)nn(CCNC(=O)c2ccccc2C(F)(F)F)c1=O. The summed E-state index contributed by atoms with van der Waals surface area (Å²) in [5.41, 5.74) is -1.10. The number of hydrogen-bond acceptors (Lipinski definition) is 3. The van der Waals surface area contributed by atoms with Gasteiger partial charge in [-0.05, 0) is 12.1 Å². The first-order valence-electron chi connectivity index (χ1n) is 8.42. The Labute approximate surface area is 158 Å². The van der Waals surface area contributed by atoms with E-state index in [1.807, 2.05) is 30.3 Å². The van der Waals surface area contributed by atoms with E-state index in [1.54, 1.807) is 7.05 Å². The Hall–Kier alpha value is -3.36. The zero-order chi connectivity index (χ0) is 20.3. The molecule has 0 bridgehead atoms. The molecule has 0 aliphatic carbocycles. The highest BCUT2D eigenvalue weighted by Gasteiger charge is 2.34. The zero-order valence-electron chi connectivity index (χ0n) is 14.9. The summed E-state index contributed by atoms with van der Waals surface area (Å²) in [4.78, 5) is 24.5. The molecule has 0 atom stereocenters. The molecule has 0 unspecified atom stereocenters. The molecule has 0 saturated carbocycles. The van der Waals surface area contributed by atoms with Crippen LogP contribution in [0.3, 0.4) is 0 Å². The average molecular weight is 390 g/mol. The standard InChI is InChI=1S/C19H17F3N4O2/c1-25-16(13-7-3-2-4-8-13)24-26(18(25)28)12-11-23-17(27)14-9-5-6-10-15(14)19(20,21)22/h2-10H,11-12H2,1H3,(H,23,27). The van der Waals surface area contributed by atoms with Crippen LogP contribution in [-0.2, 0) is 19.8 Å². The molecule has 6 nitrogen and oxygen atoms in total. The number of halogens is 3. The van der Waals surface area contributed by atoms with Crippen molar-refractivity contribution in [1.82, 2.24) is 19.7 Å². The van der Waals surface area contributed by atoms with E-state index in [-0.39, 0.29) is 18.8 Å². The first-order valence-corrected chi connectivity index (χ1v) is 8.42. The lowest BCUT2D eigenvalue weighted by Gasteiger charge is -2.12. The Bertz CT molecular complexity index is 1040. The van der Waals surface area contributed by atoms with Gasteiger partial charge in [0.2, 0.25) is 0 Å². The molecule has 1 N–H and O–H groups in total. The van der Waals surface area contributed by atoms with Crippen molar-refractivity contribution in [2.24, 2.45) is 7.05 Å². The third-order valence-corrected chi connectivity index (χ3v) is 4.16. The molecular formula is C19H17F3N4O2. The molecule has 3 aromatic rings. The van der Waals surface area contributed by atoms with Crippen molar-refractivity contribution in [3.8, 4) is 11.4 Å². The van der Waals surface area contributed by atoms with E-state index in [4.69, 9.17) is 0 Å². The van der Waals surface area contributed by atoms with E-state index in [0.29, 0.717) is 5.82 Å². The van der Waals surface area contributed by atoms with Crippen molar-refractivity contribution >= 4 is 5.91 Å². The van der Waals surface area contributed by atoms with E-state index in [1.165, 1.54) is 16.7 Å². The summed E-state index contributed by atoms with van der Waals surface area (Å²) >= 11 is 0. The first kappa shape index (κ1) is 19.4. The quantitative estimate of drug-likeness (QED) is 0.728. The second kappa shape index (κ2) is 7.71. The smallest absolute Gasteiger partial charge is 0.350 e. The van der Waals surface area contributed by atoms with Gasteiger partial charge in [0.05, 0.1) is 17.7 Å². The molecule has 0 fully saturated rings. The summed E-state index contributed by atoms with van der Waals surface area (Å²) in [6.45, 7) is -0.0182. The Morgan fingerprint density at radius 3 is 2.39 bits per heavy atom. The minimum absolute atomic E-state index is 0.0272. The first-order chi connectivity index (χ1) is 13.3. The lowest BCUT2D eigenvalue weighted by molar-refractivity contribution is -0.137. The fourth-order valence-corrected chi connectivity index (χ4v) is 2.77. The fraction of sp³-hybridized carbons (Fsp3) is 0.211. The third-order valence-electron chi connectivity index (χ3n) is 4.16. The number of aromatic nitrogens is 3. The molecule has 146 valence electrons. The van der Waals surface area contributed by atoms with Gasteiger partial charge in [-0.2, -0.15) is 13.2 Å². The zero-order valence-corrected chi connectivity index (χ0v) is 14.9. The highest BCUT2D eigenvalue weighted by molar-refractivity contribution is 5.95. The molecule has 28 heavy (non-hydrogen) atoms. The number of rotatable bonds is 5.